The predicted octanol–water partition coefficient (Wildman–Crippen LogP) is 8.05. The van der Waals surface area contributed by atoms with Crippen LogP contribution in [0.15, 0.2) is 194 Å². The molecule has 3 aromatic heterocycles. The molecule has 0 radical (unpaired) electrons. The Bertz CT molecular complexity index is 2520. The number of benzene rings is 7. The van der Waals surface area contributed by atoms with Gasteiger partial charge in [0.25, 0.3) is 0 Å². The van der Waals surface area contributed by atoms with E-state index in [-0.39, 0.29) is 0 Å². The lowest BCUT2D eigenvalue weighted by atomic mass is 10.2. The molecule has 0 spiro atoms. The predicted molar refractivity (Wildman–Crippen MR) is 214 cm³/mol. The largest absolute Gasteiger partial charge is 0.294 e. The van der Waals surface area contributed by atoms with Crippen LogP contribution >= 0.6 is 0 Å². The number of aromatic nitrogens is 4. The van der Waals surface area contributed by atoms with Crippen molar-refractivity contribution in [3.8, 4) is 11.8 Å². The summed E-state index contributed by atoms with van der Waals surface area (Å²) in [4.78, 5) is 11.3. The lowest BCUT2D eigenvalue weighted by Crippen LogP contribution is -2.75. The van der Waals surface area contributed by atoms with E-state index in [4.69, 9.17) is 9.97 Å². The van der Waals surface area contributed by atoms with E-state index in [2.05, 4.69) is 203 Å². The smallest absolute Gasteiger partial charge is 0.236 e. The summed E-state index contributed by atoms with van der Waals surface area (Å²) in [6, 6.07) is 69.7. The first kappa shape index (κ1) is 29.4. The van der Waals surface area contributed by atoms with Gasteiger partial charge in [0, 0.05) is 26.9 Å². The molecule has 0 saturated carbocycles. The molecule has 51 heavy (non-hydrogen) atoms. The van der Waals surface area contributed by atoms with Crippen molar-refractivity contribution in [1.82, 2.24) is 19.1 Å². The zero-order chi connectivity index (χ0) is 33.8. The van der Waals surface area contributed by atoms with Crippen LogP contribution in [0.3, 0.4) is 0 Å². The van der Waals surface area contributed by atoms with E-state index in [1.807, 2.05) is 0 Å². The van der Waals surface area contributed by atoms with Gasteiger partial charge in [-0.3, -0.25) is 9.13 Å². The average molecular weight is 669 g/mol. The van der Waals surface area contributed by atoms with E-state index in [1.54, 1.807) is 0 Å². The molecule has 10 rings (SSSR count). The summed E-state index contributed by atoms with van der Waals surface area (Å²) in [5, 5.41) is 9.58. The Labute approximate surface area is 296 Å². The molecular formula is C46H32N4Si. The molecule has 5 heteroatoms. The van der Waals surface area contributed by atoms with Crippen molar-refractivity contribution in [2.75, 3.05) is 0 Å². The van der Waals surface area contributed by atoms with Gasteiger partial charge < -0.3 is 0 Å². The van der Waals surface area contributed by atoms with Crippen LogP contribution in [0, 0.1) is 0 Å². The van der Waals surface area contributed by atoms with E-state index >= 15 is 0 Å². The molecule has 7 aromatic carbocycles. The molecular weight excluding hydrogens is 637 g/mol. The van der Waals surface area contributed by atoms with Crippen LogP contribution in [0.25, 0.3) is 55.4 Å². The molecule has 240 valence electrons. The lowest BCUT2D eigenvalue weighted by molar-refractivity contribution is 0.959. The molecule has 0 aliphatic heterocycles. The van der Waals surface area contributed by atoms with Crippen LogP contribution in [-0.2, 0) is 0 Å². The Hall–Kier alpha value is -6.56. The molecule has 0 amide bonds. The highest BCUT2D eigenvalue weighted by molar-refractivity contribution is 7.19. The van der Waals surface area contributed by atoms with Crippen molar-refractivity contribution in [3.63, 3.8) is 0 Å². The Morgan fingerprint density at radius 2 is 0.667 bits per heavy atom. The normalized spacial score (nSPS) is 11.9. The second-order valence-corrected chi connectivity index (χ2v) is 16.7. The van der Waals surface area contributed by atoms with Gasteiger partial charge in [-0.15, -0.1) is 0 Å². The van der Waals surface area contributed by atoms with Gasteiger partial charge in [-0.05, 0) is 45.9 Å². The van der Waals surface area contributed by atoms with Crippen LogP contribution in [0.5, 0.6) is 0 Å². The van der Waals surface area contributed by atoms with E-state index in [0.29, 0.717) is 5.95 Å². The standard InChI is InChI=1S/C46H32N4Si/c1-4-18-33(19-5-1)51(34-20-6-2-7-21-34,35-22-8-3-9-23-35)45-32-44(49-40-28-14-10-24-36(40)37-25-11-15-29-41(37)49)47-46(48-45)50-42-30-16-12-26-38(42)39-27-13-17-31-43(39)50/h1-32H. The number of fused-ring (bicyclic) bond motifs is 6. The summed E-state index contributed by atoms with van der Waals surface area (Å²) in [6.45, 7) is 0. The van der Waals surface area contributed by atoms with Crippen molar-refractivity contribution < 1.29 is 0 Å². The van der Waals surface area contributed by atoms with E-state index < -0.39 is 8.07 Å². The van der Waals surface area contributed by atoms with Crippen LogP contribution in [0.2, 0.25) is 0 Å². The molecule has 0 N–H and O–H groups in total. The minimum Gasteiger partial charge on any atom is -0.294 e. The molecule has 0 aliphatic carbocycles. The second-order valence-electron chi connectivity index (χ2n) is 13.0. The minimum atomic E-state index is -3.04. The lowest BCUT2D eigenvalue weighted by Gasteiger charge is -2.33. The first-order valence-electron chi connectivity index (χ1n) is 17.4. The fourth-order valence-corrected chi connectivity index (χ4v) is 12.7. The van der Waals surface area contributed by atoms with Gasteiger partial charge in [-0.1, -0.05) is 164 Å². The molecule has 0 saturated heterocycles. The Kier molecular flexibility index (Phi) is 6.79. The topological polar surface area (TPSA) is 35.6 Å². The van der Waals surface area contributed by atoms with Crippen LogP contribution in [-0.4, -0.2) is 27.2 Å². The molecule has 10 aromatic rings. The Balaban J connectivity index is 1.41. The summed E-state index contributed by atoms with van der Waals surface area (Å²) in [5.41, 5.74) is 4.39. The third kappa shape index (κ3) is 4.45. The van der Waals surface area contributed by atoms with E-state index in [1.165, 1.54) is 37.1 Å². The summed E-state index contributed by atoms with van der Waals surface area (Å²) < 4.78 is 4.58. The molecule has 4 nitrogen and oxygen atoms in total. The highest BCUT2D eigenvalue weighted by Crippen LogP contribution is 2.33. The molecule has 0 unspecified atom stereocenters. The second kappa shape index (κ2) is 11.8. The van der Waals surface area contributed by atoms with Crippen molar-refractivity contribution in [2.24, 2.45) is 0 Å². The molecule has 0 atom stereocenters. The minimum absolute atomic E-state index is 0.654. The summed E-state index contributed by atoms with van der Waals surface area (Å²) in [6.07, 6.45) is 0. The molecule has 0 bridgehead atoms. The zero-order valence-electron chi connectivity index (χ0n) is 27.8. The van der Waals surface area contributed by atoms with Gasteiger partial charge in [0.05, 0.1) is 22.1 Å². The van der Waals surface area contributed by atoms with Gasteiger partial charge in [-0.2, -0.15) is 4.98 Å². The SMILES string of the molecule is c1ccc([Si](c2ccccc2)(c2ccccc2)c2cc(-n3c4ccccc4c4ccccc43)nc(-n3c4ccccc4c4ccccc43)n2)cc1. The van der Waals surface area contributed by atoms with Gasteiger partial charge in [0.15, 0.2) is 0 Å². The number of para-hydroxylation sites is 4. The molecule has 0 fully saturated rings. The highest BCUT2D eigenvalue weighted by Gasteiger charge is 2.44. The third-order valence-electron chi connectivity index (χ3n) is 10.3. The van der Waals surface area contributed by atoms with E-state index in [0.717, 1.165) is 33.2 Å². The van der Waals surface area contributed by atoms with Gasteiger partial charge >= 0.3 is 0 Å². The van der Waals surface area contributed by atoms with Gasteiger partial charge in [0.2, 0.25) is 14.0 Å². The first-order chi connectivity index (χ1) is 25.3. The number of nitrogens with zero attached hydrogens (tertiary/aromatic N) is 4. The maximum absolute atomic E-state index is 5.75. The number of hydrogen-bond acceptors (Lipinski definition) is 2. The summed E-state index contributed by atoms with van der Waals surface area (Å²) >= 11 is 0. The van der Waals surface area contributed by atoms with Crippen molar-refractivity contribution in [1.29, 1.82) is 0 Å². The van der Waals surface area contributed by atoms with E-state index in [9.17, 15) is 0 Å². The zero-order valence-corrected chi connectivity index (χ0v) is 28.8. The molecule has 3 heterocycles. The van der Waals surface area contributed by atoms with Gasteiger partial charge in [0.1, 0.15) is 5.82 Å². The maximum atomic E-state index is 5.75. The number of rotatable bonds is 6. The third-order valence-corrected chi connectivity index (χ3v) is 14.9. The summed E-state index contributed by atoms with van der Waals surface area (Å²) in [7, 11) is -3.04. The monoisotopic (exact) mass is 668 g/mol. The first-order valence-corrected chi connectivity index (χ1v) is 19.4. The quantitative estimate of drug-likeness (QED) is 0.133. The van der Waals surface area contributed by atoms with Crippen LogP contribution in [0.1, 0.15) is 0 Å². The van der Waals surface area contributed by atoms with Crippen molar-refractivity contribution >= 4 is 72.6 Å². The maximum Gasteiger partial charge on any atom is 0.236 e. The fraction of sp³-hybridized carbons (Fsp3) is 0. The summed E-state index contributed by atoms with van der Waals surface area (Å²) in [5.74, 6) is 1.50. The Morgan fingerprint density at radius 3 is 1.06 bits per heavy atom. The Morgan fingerprint density at radius 1 is 0.333 bits per heavy atom. The average Bonchev–Trinajstić information content (AvgIpc) is 3.73. The molecule has 0 aliphatic rings. The highest BCUT2D eigenvalue weighted by atomic mass is 28.3. The van der Waals surface area contributed by atoms with Crippen molar-refractivity contribution in [2.45, 2.75) is 0 Å². The fourth-order valence-electron chi connectivity index (χ4n) is 8.14. The van der Waals surface area contributed by atoms with Crippen molar-refractivity contribution in [3.05, 3.63) is 194 Å². The number of hydrogen-bond donors (Lipinski definition) is 0. The van der Waals surface area contributed by atoms with Gasteiger partial charge in [-0.25, -0.2) is 4.98 Å². The van der Waals surface area contributed by atoms with Crippen LogP contribution < -0.4 is 20.9 Å². The van der Waals surface area contributed by atoms with Crippen LogP contribution in [0.4, 0.5) is 0 Å².